The number of nitrogens with zero attached hydrogens (tertiary/aromatic N) is 1. The summed E-state index contributed by atoms with van der Waals surface area (Å²) in [6, 6.07) is 3.60. The van der Waals surface area contributed by atoms with E-state index in [4.69, 9.17) is 4.74 Å². The van der Waals surface area contributed by atoms with Crippen LogP contribution in [0.25, 0.3) is 0 Å². The lowest BCUT2D eigenvalue weighted by atomic mass is 9.98. The van der Waals surface area contributed by atoms with Gasteiger partial charge in [-0.05, 0) is 59.9 Å². The summed E-state index contributed by atoms with van der Waals surface area (Å²) in [7, 11) is 0. The van der Waals surface area contributed by atoms with Gasteiger partial charge in [-0.15, -0.1) is 0 Å². The van der Waals surface area contributed by atoms with Gasteiger partial charge in [0.15, 0.2) is 0 Å². The molecule has 1 aromatic rings. The van der Waals surface area contributed by atoms with Gasteiger partial charge in [-0.1, -0.05) is 49.6 Å². The highest BCUT2D eigenvalue weighted by atomic mass is 16.6. The predicted octanol–water partition coefficient (Wildman–Crippen LogP) is 3.77. The first-order valence-corrected chi connectivity index (χ1v) is 12.1. The molecule has 3 atom stereocenters. The molecule has 1 aromatic carbocycles. The minimum absolute atomic E-state index is 0.0574. The number of aliphatic hydroxyl groups excluding tert-OH is 1. The summed E-state index contributed by atoms with van der Waals surface area (Å²) in [6.07, 6.45) is 1.52. The zero-order valence-electron chi connectivity index (χ0n) is 22.0. The van der Waals surface area contributed by atoms with Crippen LogP contribution in [0.15, 0.2) is 18.2 Å². The largest absolute Gasteiger partial charge is 0.444 e. The van der Waals surface area contributed by atoms with E-state index in [9.17, 15) is 19.5 Å². The third-order valence-corrected chi connectivity index (χ3v) is 5.15. The molecule has 0 fully saturated rings. The Morgan fingerprint density at radius 3 is 2.09 bits per heavy atom. The number of aryl methyl sites for hydroxylation is 2. The van der Waals surface area contributed by atoms with Crippen molar-refractivity contribution in [3.8, 4) is 0 Å². The number of hydrogen-bond donors (Lipinski definition) is 3. The Labute approximate surface area is 204 Å². The van der Waals surface area contributed by atoms with Crippen LogP contribution in [0.2, 0.25) is 0 Å². The molecule has 3 amide bonds. The normalized spacial score (nSPS) is 14.0. The van der Waals surface area contributed by atoms with E-state index in [0.29, 0.717) is 12.0 Å². The van der Waals surface area contributed by atoms with Crippen LogP contribution in [-0.4, -0.2) is 58.8 Å². The maximum absolute atomic E-state index is 13.6. The van der Waals surface area contributed by atoms with Crippen LogP contribution in [0.5, 0.6) is 0 Å². The number of nitrogens with one attached hydrogen (secondary N) is 2. The molecule has 8 heteroatoms. The predicted molar refractivity (Wildman–Crippen MR) is 133 cm³/mol. The Bertz CT molecular complexity index is 814. The summed E-state index contributed by atoms with van der Waals surface area (Å²) in [5.74, 6) is -0.834. The second-order valence-corrected chi connectivity index (χ2v) is 9.93. The van der Waals surface area contributed by atoms with Gasteiger partial charge in [0.25, 0.3) is 0 Å². The van der Waals surface area contributed by atoms with Crippen LogP contribution in [0.3, 0.4) is 0 Å². The van der Waals surface area contributed by atoms with Crippen LogP contribution in [0, 0.1) is 13.8 Å². The van der Waals surface area contributed by atoms with Crippen molar-refractivity contribution in [2.24, 2.45) is 0 Å². The molecule has 1 rings (SSSR count). The van der Waals surface area contributed by atoms with Gasteiger partial charge < -0.3 is 25.4 Å². The van der Waals surface area contributed by atoms with Gasteiger partial charge >= 0.3 is 6.09 Å². The molecule has 0 aliphatic rings. The van der Waals surface area contributed by atoms with Crippen LogP contribution in [0.4, 0.5) is 4.79 Å². The molecule has 192 valence electrons. The lowest BCUT2D eigenvalue weighted by molar-refractivity contribution is -0.143. The van der Waals surface area contributed by atoms with Crippen molar-refractivity contribution in [3.63, 3.8) is 0 Å². The van der Waals surface area contributed by atoms with Gasteiger partial charge in [-0.2, -0.15) is 0 Å². The minimum atomic E-state index is -1.24. The van der Waals surface area contributed by atoms with E-state index < -0.39 is 36.3 Å². The van der Waals surface area contributed by atoms with Crippen molar-refractivity contribution in [2.75, 3.05) is 13.2 Å². The highest BCUT2D eigenvalue weighted by Crippen LogP contribution is 2.25. The molecule has 0 bridgehead atoms. The van der Waals surface area contributed by atoms with Crippen molar-refractivity contribution < 1.29 is 24.2 Å². The third kappa shape index (κ3) is 9.33. The molecule has 0 saturated carbocycles. The zero-order valence-corrected chi connectivity index (χ0v) is 22.0. The van der Waals surface area contributed by atoms with E-state index in [1.54, 1.807) is 20.8 Å². The Kier molecular flexibility index (Phi) is 11.5. The summed E-state index contributed by atoms with van der Waals surface area (Å²) >= 11 is 0. The van der Waals surface area contributed by atoms with E-state index in [-0.39, 0.29) is 18.5 Å². The summed E-state index contributed by atoms with van der Waals surface area (Å²) in [5, 5.41) is 15.4. The van der Waals surface area contributed by atoms with Crippen LogP contribution in [-0.2, 0) is 14.3 Å². The average molecular weight is 478 g/mol. The third-order valence-electron chi connectivity index (χ3n) is 5.15. The molecule has 0 heterocycles. The number of aliphatic hydroxyl groups is 1. The van der Waals surface area contributed by atoms with Crippen LogP contribution in [0.1, 0.15) is 83.5 Å². The molecule has 0 spiro atoms. The number of amides is 3. The molecule has 3 unspecified atom stereocenters. The molecule has 0 aliphatic heterocycles. The van der Waals surface area contributed by atoms with Crippen molar-refractivity contribution in [1.29, 1.82) is 0 Å². The van der Waals surface area contributed by atoms with E-state index in [1.807, 2.05) is 52.8 Å². The molecule has 8 nitrogen and oxygen atoms in total. The lowest BCUT2D eigenvalue weighted by Crippen LogP contribution is -2.55. The first-order valence-electron chi connectivity index (χ1n) is 12.1. The number of carbonyl (C=O) groups excluding carboxylic acids is 3. The number of rotatable bonds is 11. The molecule has 34 heavy (non-hydrogen) atoms. The molecule has 0 radical (unpaired) electrons. The SMILES string of the molecule is CCCC(C)NC(=O)C(c1cc(C)cc(C)c1)N(CCC)C(=O)C(CO)NC(=O)OC(C)(C)C. The van der Waals surface area contributed by atoms with Gasteiger partial charge in [0, 0.05) is 12.6 Å². The van der Waals surface area contributed by atoms with E-state index >= 15 is 0 Å². The Hall–Kier alpha value is -2.61. The Morgan fingerprint density at radius 2 is 1.62 bits per heavy atom. The smallest absolute Gasteiger partial charge is 0.408 e. The number of benzene rings is 1. The van der Waals surface area contributed by atoms with Crippen LogP contribution < -0.4 is 10.6 Å². The summed E-state index contributed by atoms with van der Waals surface area (Å²) in [5.41, 5.74) is 1.88. The molecule has 0 aliphatic carbocycles. The standard InChI is InChI=1S/C26H43N3O5/c1-9-11-19(5)27-23(31)22(20-14-17(3)13-18(4)15-20)29(12-10-2)24(32)21(16-30)28-25(33)34-26(6,7)8/h13-15,19,21-22,30H,9-12,16H2,1-8H3,(H,27,31)(H,28,33). The highest BCUT2D eigenvalue weighted by Gasteiger charge is 2.36. The molecule has 3 N–H and O–H groups in total. The lowest BCUT2D eigenvalue weighted by Gasteiger charge is -2.34. The Balaban J connectivity index is 3.39. The van der Waals surface area contributed by atoms with Gasteiger partial charge in [0.05, 0.1) is 6.61 Å². The number of carbonyl (C=O) groups is 3. The van der Waals surface area contributed by atoms with Crippen molar-refractivity contribution in [2.45, 2.75) is 98.4 Å². The fraction of sp³-hybridized carbons (Fsp3) is 0.654. The zero-order chi connectivity index (χ0) is 26.1. The maximum Gasteiger partial charge on any atom is 0.408 e. The van der Waals surface area contributed by atoms with Crippen molar-refractivity contribution in [3.05, 3.63) is 34.9 Å². The first kappa shape index (κ1) is 29.4. The minimum Gasteiger partial charge on any atom is -0.444 e. The number of hydrogen-bond acceptors (Lipinski definition) is 5. The molecule has 0 aromatic heterocycles. The summed E-state index contributed by atoms with van der Waals surface area (Å²) in [6.45, 7) is 14.6. The van der Waals surface area contributed by atoms with Crippen molar-refractivity contribution in [1.82, 2.24) is 15.5 Å². The monoisotopic (exact) mass is 477 g/mol. The number of ether oxygens (including phenoxy) is 1. The van der Waals surface area contributed by atoms with Crippen molar-refractivity contribution >= 4 is 17.9 Å². The molecule has 0 saturated heterocycles. The topological polar surface area (TPSA) is 108 Å². The van der Waals surface area contributed by atoms with Crippen LogP contribution >= 0.6 is 0 Å². The fourth-order valence-electron chi connectivity index (χ4n) is 3.91. The van der Waals surface area contributed by atoms with Gasteiger partial charge in [0.2, 0.25) is 11.8 Å². The summed E-state index contributed by atoms with van der Waals surface area (Å²) < 4.78 is 5.25. The van der Waals surface area contributed by atoms with E-state index in [1.165, 1.54) is 4.90 Å². The first-order chi connectivity index (χ1) is 15.8. The maximum atomic E-state index is 13.6. The van der Waals surface area contributed by atoms with Gasteiger partial charge in [-0.25, -0.2) is 4.79 Å². The van der Waals surface area contributed by atoms with E-state index in [2.05, 4.69) is 10.6 Å². The average Bonchev–Trinajstić information content (AvgIpc) is 2.69. The quantitative estimate of drug-likeness (QED) is 0.450. The highest BCUT2D eigenvalue weighted by molar-refractivity contribution is 5.92. The second kappa shape index (κ2) is 13.3. The Morgan fingerprint density at radius 1 is 1.03 bits per heavy atom. The molecular weight excluding hydrogens is 434 g/mol. The second-order valence-electron chi connectivity index (χ2n) is 9.93. The molecular formula is C26H43N3O5. The number of alkyl carbamates (subject to hydrolysis) is 1. The summed E-state index contributed by atoms with van der Waals surface area (Å²) in [4.78, 5) is 40.8. The fourth-order valence-corrected chi connectivity index (χ4v) is 3.91. The van der Waals surface area contributed by atoms with Gasteiger partial charge in [0.1, 0.15) is 17.7 Å². The van der Waals surface area contributed by atoms with E-state index in [0.717, 1.165) is 24.0 Å². The van der Waals surface area contributed by atoms with Gasteiger partial charge in [-0.3, -0.25) is 9.59 Å².